The highest BCUT2D eigenvalue weighted by molar-refractivity contribution is 7.80. The maximum Gasteiger partial charge on any atom is 0.160 e. The van der Waals surface area contributed by atoms with Gasteiger partial charge >= 0.3 is 0 Å². The molecular formula is C25H52O5S. The SMILES string of the molecule is CCCCCCCCCCCCCCCCC(=S)OC(C)C.OCC(CO)(CO)CO. The summed E-state index contributed by atoms with van der Waals surface area (Å²) in [6, 6.07) is 0. The Kier molecular flexibility index (Phi) is 25.9. The Labute approximate surface area is 197 Å². The molecule has 4 N–H and O–H groups in total. The summed E-state index contributed by atoms with van der Waals surface area (Å²) in [6.07, 6.45) is 20.8. The number of aliphatic hydroxyl groups is 4. The van der Waals surface area contributed by atoms with E-state index in [9.17, 15) is 0 Å². The number of hydrogen-bond donors (Lipinski definition) is 4. The molecule has 6 heteroatoms. The molecule has 0 rings (SSSR count). The molecule has 188 valence electrons. The lowest BCUT2D eigenvalue weighted by Crippen LogP contribution is -2.37. The first-order valence-electron chi connectivity index (χ1n) is 12.5. The lowest BCUT2D eigenvalue weighted by molar-refractivity contribution is -0.0328. The van der Waals surface area contributed by atoms with E-state index in [1.807, 2.05) is 13.8 Å². The normalized spacial score (nSPS) is 11.4. The molecule has 0 amide bonds. The molecule has 5 nitrogen and oxygen atoms in total. The topological polar surface area (TPSA) is 90.2 Å². The van der Waals surface area contributed by atoms with Gasteiger partial charge in [-0.05, 0) is 32.5 Å². The first kappa shape index (κ1) is 32.9. The maximum atomic E-state index is 8.50. The van der Waals surface area contributed by atoms with Crippen molar-refractivity contribution in [1.29, 1.82) is 0 Å². The molecule has 0 aliphatic heterocycles. The molecule has 0 fully saturated rings. The third kappa shape index (κ3) is 22.7. The number of unbranched alkanes of at least 4 members (excludes halogenated alkanes) is 13. The van der Waals surface area contributed by atoms with Crippen LogP contribution < -0.4 is 0 Å². The van der Waals surface area contributed by atoms with Gasteiger partial charge in [-0.15, -0.1) is 0 Å². The van der Waals surface area contributed by atoms with Crippen molar-refractivity contribution in [3.63, 3.8) is 0 Å². The molecular weight excluding hydrogens is 412 g/mol. The van der Waals surface area contributed by atoms with Crippen molar-refractivity contribution in [3.05, 3.63) is 0 Å². The van der Waals surface area contributed by atoms with Gasteiger partial charge in [0.2, 0.25) is 0 Å². The van der Waals surface area contributed by atoms with Gasteiger partial charge in [0.1, 0.15) is 0 Å². The summed E-state index contributed by atoms with van der Waals surface area (Å²) < 4.78 is 5.50. The van der Waals surface area contributed by atoms with Crippen LogP contribution in [0.25, 0.3) is 0 Å². The average molecular weight is 465 g/mol. The Bertz CT molecular complexity index is 355. The third-order valence-corrected chi connectivity index (χ3v) is 5.74. The highest BCUT2D eigenvalue weighted by Gasteiger charge is 2.26. The average Bonchev–Trinajstić information content (AvgIpc) is 2.76. The first-order chi connectivity index (χ1) is 14.9. The minimum atomic E-state index is -1.11. The van der Waals surface area contributed by atoms with Gasteiger partial charge in [-0.2, -0.15) is 0 Å². The highest BCUT2D eigenvalue weighted by atomic mass is 32.1. The van der Waals surface area contributed by atoms with E-state index in [4.69, 9.17) is 37.4 Å². The van der Waals surface area contributed by atoms with Crippen LogP contribution in [0.5, 0.6) is 0 Å². The van der Waals surface area contributed by atoms with Crippen molar-refractivity contribution >= 4 is 17.3 Å². The largest absolute Gasteiger partial charge is 0.484 e. The second-order valence-corrected chi connectivity index (χ2v) is 9.47. The lowest BCUT2D eigenvalue weighted by atomic mass is 9.93. The Morgan fingerprint density at radius 2 is 0.968 bits per heavy atom. The zero-order valence-corrected chi connectivity index (χ0v) is 21.4. The second-order valence-electron chi connectivity index (χ2n) is 9.02. The second kappa shape index (κ2) is 24.4. The van der Waals surface area contributed by atoms with Crippen LogP contribution in [0.2, 0.25) is 0 Å². The molecule has 0 aliphatic carbocycles. The molecule has 0 saturated carbocycles. The smallest absolute Gasteiger partial charge is 0.160 e. The van der Waals surface area contributed by atoms with Crippen molar-refractivity contribution in [1.82, 2.24) is 0 Å². The van der Waals surface area contributed by atoms with Crippen LogP contribution in [0.15, 0.2) is 0 Å². The Balaban J connectivity index is 0. The molecule has 0 aromatic carbocycles. The molecule has 0 bridgehead atoms. The van der Waals surface area contributed by atoms with Crippen LogP contribution >= 0.6 is 12.2 Å². The van der Waals surface area contributed by atoms with Crippen LogP contribution in [-0.4, -0.2) is 58.0 Å². The summed E-state index contributed by atoms with van der Waals surface area (Å²) in [4.78, 5) is 0. The van der Waals surface area contributed by atoms with Crippen LogP contribution in [-0.2, 0) is 4.74 Å². The zero-order chi connectivity index (χ0) is 23.8. The molecule has 0 aliphatic rings. The van der Waals surface area contributed by atoms with E-state index in [2.05, 4.69) is 6.92 Å². The van der Waals surface area contributed by atoms with E-state index in [-0.39, 0.29) is 6.10 Å². The Morgan fingerprint density at radius 3 is 1.23 bits per heavy atom. The van der Waals surface area contributed by atoms with Crippen LogP contribution in [0.4, 0.5) is 0 Å². The Morgan fingerprint density at radius 1 is 0.645 bits per heavy atom. The lowest BCUT2D eigenvalue weighted by Gasteiger charge is -2.23. The van der Waals surface area contributed by atoms with Gasteiger partial charge in [0.15, 0.2) is 5.05 Å². The standard InChI is InChI=1S/C20H40OS.C5H12O4/c1-4-5-6-7-8-9-10-11-12-13-14-15-16-17-18-20(22)21-19(2)3;6-1-5(2-7,3-8)4-9/h19H,4-18H2,1-3H3;6-9H,1-4H2. The van der Waals surface area contributed by atoms with Crippen LogP contribution in [0, 0.1) is 5.41 Å². The van der Waals surface area contributed by atoms with Gasteiger partial charge in [0, 0.05) is 6.42 Å². The first-order valence-corrected chi connectivity index (χ1v) is 12.9. The Hall–Kier alpha value is -0.270. The molecule has 0 unspecified atom stereocenters. The number of hydrogen-bond acceptors (Lipinski definition) is 6. The third-order valence-electron chi connectivity index (χ3n) is 5.44. The molecule has 0 radical (unpaired) electrons. The monoisotopic (exact) mass is 464 g/mol. The molecule has 0 spiro atoms. The van der Waals surface area contributed by atoms with E-state index < -0.39 is 31.8 Å². The molecule has 0 heterocycles. The predicted molar refractivity (Wildman–Crippen MR) is 135 cm³/mol. The number of rotatable bonds is 20. The van der Waals surface area contributed by atoms with E-state index in [0.717, 1.165) is 11.5 Å². The van der Waals surface area contributed by atoms with E-state index >= 15 is 0 Å². The number of aliphatic hydroxyl groups excluding tert-OH is 4. The van der Waals surface area contributed by atoms with Gasteiger partial charge in [-0.1, -0.05) is 90.4 Å². The summed E-state index contributed by atoms with van der Waals surface area (Å²) in [5.74, 6) is 0. The van der Waals surface area contributed by atoms with Crippen molar-refractivity contribution in [2.45, 2.75) is 123 Å². The van der Waals surface area contributed by atoms with Crippen LogP contribution in [0.3, 0.4) is 0 Å². The van der Waals surface area contributed by atoms with Crippen molar-refractivity contribution in [2.75, 3.05) is 26.4 Å². The fourth-order valence-electron chi connectivity index (χ4n) is 3.09. The zero-order valence-electron chi connectivity index (χ0n) is 20.6. The van der Waals surface area contributed by atoms with Crippen LogP contribution in [0.1, 0.15) is 117 Å². The van der Waals surface area contributed by atoms with Crippen molar-refractivity contribution < 1.29 is 25.2 Å². The summed E-state index contributed by atoms with van der Waals surface area (Å²) in [7, 11) is 0. The van der Waals surface area contributed by atoms with Crippen molar-refractivity contribution in [2.24, 2.45) is 5.41 Å². The number of thiocarbonyl (C=S) groups is 1. The molecule has 0 aromatic heterocycles. The number of ether oxygens (including phenoxy) is 1. The summed E-state index contributed by atoms with van der Waals surface area (Å²) >= 11 is 5.20. The quantitative estimate of drug-likeness (QED) is 0.139. The van der Waals surface area contributed by atoms with Gasteiger partial charge in [0.05, 0.1) is 37.9 Å². The molecule has 0 atom stereocenters. The summed E-state index contributed by atoms with van der Waals surface area (Å²) in [5, 5.41) is 34.8. The molecule has 0 aromatic rings. The summed E-state index contributed by atoms with van der Waals surface area (Å²) in [5.41, 5.74) is -1.11. The van der Waals surface area contributed by atoms with E-state index in [1.165, 1.54) is 89.9 Å². The van der Waals surface area contributed by atoms with E-state index in [1.54, 1.807) is 0 Å². The van der Waals surface area contributed by atoms with Gasteiger partial charge in [0.25, 0.3) is 0 Å². The van der Waals surface area contributed by atoms with Gasteiger partial charge in [-0.25, -0.2) is 0 Å². The minimum Gasteiger partial charge on any atom is -0.484 e. The van der Waals surface area contributed by atoms with E-state index in [0.29, 0.717) is 0 Å². The van der Waals surface area contributed by atoms with Gasteiger partial charge in [-0.3, -0.25) is 0 Å². The fourth-order valence-corrected chi connectivity index (χ4v) is 3.42. The van der Waals surface area contributed by atoms with Gasteiger partial charge < -0.3 is 25.2 Å². The van der Waals surface area contributed by atoms with Crippen molar-refractivity contribution in [3.8, 4) is 0 Å². The molecule has 0 saturated heterocycles. The highest BCUT2D eigenvalue weighted by Crippen LogP contribution is 2.14. The molecule has 31 heavy (non-hydrogen) atoms. The fraction of sp³-hybridized carbons (Fsp3) is 0.960. The summed E-state index contributed by atoms with van der Waals surface area (Å²) in [6.45, 7) is 4.74. The minimum absolute atomic E-state index is 0.235. The predicted octanol–water partition coefficient (Wildman–Crippen LogP) is 5.55. The maximum absolute atomic E-state index is 8.50.